The molecule has 0 bridgehead atoms. The predicted molar refractivity (Wildman–Crippen MR) is 59.1 cm³/mol. The lowest BCUT2D eigenvalue weighted by atomic mass is 10.1. The van der Waals surface area contributed by atoms with Crippen LogP contribution < -0.4 is 11.3 Å². The molecule has 0 spiro atoms. The third-order valence-corrected chi connectivity index (χ3v) is 2.49. The minimum Gasteiger partial charge on any atom is -0.385 e. The maximum Gasteiger partial charge on any atom is 0.109 e. The fraction of sp³-hybridized carbons (Fsp3) is 0.700. The molecule has 0 aliphatic heterocycles. The number of imidazole rings is 1. The predicted octanol–water partition coefficient (Wildman–Crippen LogP) is 0.221. The Labute approximate surface area is 90.6 Å². The van der Waals surface area contributed by atoms with E-state index < -0.39 is 0 Å². The number of ether oxygens (including phenoxy) is 1. The second kappa shape index (κ2) is 6.55. The van der Waals surface area contributed by atoms with Crippen molar-refractivity contribution in [3.63, 3.8) is 0 Å². The van der Waals surface area contributed by atoms with Crippen molar-refractivity contribution in [2.24, 2.45) is 12.9 Å². The minimum atomic E-state index is 0.265. The van der Waals surface area contributed by atoms with Gasteiger partial charge in [0.05, 0.1) is 0 Å². The molecule has 3 N–H and O–H groups in total. The molecule has 15 heavy (non-hydrogen) atoms. The third-order valence-electron chi connectivity index (χ3n) is 2.49. The van der Waals surface area contributed by atoms with Crippen LogP contribution in [0.3, 0.4) is 0 Å². The monoisotopic (exact) mass is 212 g/mol. The first kappa shape index (κ1) is 12.2. The molecular weight excluding hydrogens is 192 g/mol. The van der Waals surface area contributed by atoms with E-state index in [1.165, 1.54) is 0 Å². The fourth-order valence-electron chi connectivity index (χ4n) is 1.53. The number of hydrazine groups is 1. The number of aromatic nitrogens is 2. The van der Waals surface area contributed by atoms with Crippen molar-refractivity contribution >= 4 is 0 Å². The molecule has 86 valence electrons. The summed E-state index contributed by atoms with van der Waals surface area (Å²) >= 11 is 0. The summed E-state index contributed by atoms with van der Waals surface area (Å²) < 4.78 is 7.02. The average molecular weight is 212 g/mol. The SMILES string of the molecule is COCCCC(Cc1nccn1C)NN. The second-order valence-corrected chi connectivity index (χ2v) is 3.66. The molecule has 0 saturated carbocycles. The van der Waals surface area contributed by atoms with Crippen molar-refractivity contribution in [1.29, 1.82) is 0 Å². The Kier molecular flexibility index (Phi) is 5.31. The van der Waals surface area contributed by atoms with E-state index in [4.69, 9.17) is 10.6 Å². The van der Waals surface area contributed by atoms with Crippen LogP contribution in [0.1, 0.15) is 18.7 Å². The van der Waals surface area contributed by atoms with Gasteiger partial charge in [0.15, 0.2) is 0 Å². The number of nitrogens with zero attached hydrogens (tertiary/aromatic N) is 2. The summed E-state index contributed by atoms with van der Waals surface area (Å²) in [6.07, 6.45) is 6.60. The smallest absolute Gasteiger partial charge is 0.109 e. The van der Waals surface area contributed by atoms with E-state index in [1.54, 1.807) is 13.3 Å². The van der Waals surface area contributed by atoms with E-state index in [0.29, 0.717) is 0 Å². The molecule has 0 aliphatic carbocycles. The molecule has 1 aromatic heterocycles. The van der Waals surface area contributed by atoms with Crippen molar-refractivity contribution in [3.05, 3.63) is 18.2 Å². The van der Waals surface area contributed by atoms with Gasteiger partial charge in [-0.1, -0.05) is 0 Å². The molecule has 1 aromatic rings. The molecule has 1 heterocycles. The fourth-order valence-corrected chi connectivity index (χ4v) is 1.53. The molecule has 0 amide bonds. The van der Waals surface area contributed by atoms with Crippen molar-refractivity contribution in [3.8, 4) is 0 Å². The van der Waals surface area contributed by atoms with Gasteiger partial charge in [-0.25, -0.2) is 4.98 Å². The zero-order valence-electron chi connectivity index (χ0n) is 9.44. The van der Waals surface area contributed by atoms with Gasteiger partial charge >= 0.3 is 0 Å². The summed E-state index contributed by atoms with van der Waals surface area (Å²) in [7, 11) is 3.70. The van der Waals surface area contributed by atoms with Crippen LogP contribution in [0.15, 0.2) is 12.4 Å². The number of aryl methyl sites for hydroxylation is 1. The maximum atomic E-state index is 5.49. The van der Waals surface area contributed by atoms with Crippen LogP contribution in [0.4, 0.5) is 0 Å². The van der Waals surface area contributed by atoms with E-state index in [0.717, 1.165) is 31.7 Å². The number of nitrogens with two attached hydrogens (primary N) is 1. The van der Waals surface area contributed by atoms with Gasteiger partial charge in [0.1, 0.15) is 5.82 Å². The van der Waals surface area contributed by atoms with Crippen LogP contribution in [0.5, 0.6) is 0 Å². The Morgan fingerprint density at radius 1 is 1.67 bits per heavy atom. The molecule has 0 fully saturated rings. The van der Waals surface area contributed by atoms with Crippen molar-refractivity contribution < 1.29 is 4.74 Å². The van der Waals surface area contributed by atoms with Gasteiger partial charge in [-0.05, 0) is 12.8 Å². The summed E-state index contributed by atoms with van der Waals surface area (Å²) in [5, 5.41) is 0. The lowest BCUT2D eigenvalue weighted by Gasteiger charge is -2.15. The average Bonchev–Trinajstić information content (AvgIpc) is 2.63. The van der Waals surface area contributed by atoms with E-state index in [-0.39, 0.29) is 6.04 Å². The molecule has 0 saturated heterocycles. The number of methoxy groups -OCH3 is 1. The third kappa shape index (κ3) is 3.99. The Morgan fingerprint density at radius 3 is 3.00 bits per heavy atom. The van der Waals surface area contributed by atoms with Gasteiger partial charge < -0.3 is 9.30 Å². The quantitative estimate of drug-likeness (QED) is 0.385. The summed E-state index contributed by atoms with van der Waals surface area (Å²) in [5.74, 6) is 6.55. The van der Waals surface area contributed by atoms with Gasteiger partial charge in [-0.3, -0.25) is 11.3 Å². The molecule has 5 heteroatoms. The Bertz CT molecular complexity index is 274. The first-order chi connectivity index (χ1) is 7.27. The summed E-state index contributed by atoms with van der Waals surface area (Å²) in [5.41, 5.74) is 2.82. The number of hydrogen-bond donors (Lipinski definition) is 2. The molecule has 1 atom stereocenters. The number of hydrogen-bond acceptors (Lipinski definition) is 4. The van der Waals surface area contributed by atoms with Crippen LogP contribution >= 0.6 is 0 Å². The topological polar surface area (TPSA) is 65.1 Å². The highest BCUT2D eigenvalue weighted by Crippen LogP contribution is 2.04. The van der Waals surface area contributed by atoms with Crippen LogP contribution in [0, 0.1) is 0 Å². The highest BCUT2D eigenvalue weighted by molar-refractivity contribution is 4.94. The van der Waals surface area contributed by atoms with Gasteiger partial charge in [0.25, 0.3) is 0 Å². The van der Waals surface area contributed by atoms with Crippen molar-refractivity contribution in [2.75, 3.05) is 13.7 Å². The first-order valence-electron chi connectivity index (χ1n) is 5.19. The lowest BCUT2D eigenvalue weighted by molar-refractivity contribution is 0.188. The number of rotatable bonds is 7. The summed E-state index contributed by atoms with van der Waals surface area (Å²) in [4.78, 5) is 4.27. The molecule has 1 unspecified atom stereocenters. The molecule has 0 radical (unpaired) electrons. The lowest BCUT2D eigenvalue weighted by Crippen LogP contribution is -2.37. The Balaban J connectivity index is 2.36. The van der Waals surface area contributed by atoms with Crippen molar-refractivity contribution in [2.45, 2.75) is 25.3 Å². The zero-order chi connectivity index (χ0) is 11.1. The van der Waals surface area contributed by atoms with Crippen LogP contribution in [-0.2, 0) is 18.2 Å². The van der Waals surface area contributed by atoms with E-state index in [1.807, 2.05) is 17.8 Å². The van der Waals surface area contributed by atoms with E-state index in [9.17, 15) is 0 Å². The van der Waals surface area contributed by atoms with Crippen molar-refractivity contribution in [1.82, 2.24) is 15.0 Å². The van der Waals surface area contributed by atoms with Crippen LogP contribution in [0.2, 0.25) is 0 Å². The second-order valence-electron chi connectivity index (χ2n) is 3.66. The first-order valence-corrected chi connectivity index (χ1v) is 5.19. The molecular formula is C10H20N4O. The van der Waals surface area contributed by atoms with Gasteiger partial charge in [-0.15, -0.1) is 0 Å². The standard InChI is InChI=1S/C10H20N4O/c1-14-6-5-12-10(14)8-9(13-11)4-3-7-15-2/h5-6,9,13H,3-4,7-8,11H2,1-2H3. The van der Waals surface area contributed by atoms with E-state index >= 15 is 0 Å². The highest BCUT2D eigenvalue weighted by Gasteiger charge is 2.10. The van der Waals surface area contributed by atoms with Gasteiger partial charge in [-0.2, -0.15) is 0 Å². The number of nitrogens with one attached hydrogen (secondary N) is 1. The van der Waals surface area contributed by atoms with Crippen LogP contribution in [0.25, 0.3) is 0 Å². The molecule has 0 aliphatic rings. The largest absolute Gasteiger partial charge is 0.385 e. The molecule has 5 nitrogen and oxygen atoms in total. The molecule has 0 aromatic carbocycles. The van der Waals surface area contributed by atoms with Crippen LogP contribution in [-0.4, -0.2) is 29.3 Å². The van der Waals surface area contributed by atoms with Gasteiger partial charge in [0, 0.05) is 45.6 Å². The Hall–Kier alpha value is -0.910. The summed E-state index contributed by atoms with van der Waals surface area (Å²) in [6, 6.07) is 0.265. The Morgan fingerprint density at radius 2 is 2.47 bits per heavy atom. The zero-order valence-corrected chi connectivity index (χ0v) is 9.44. The maximum absolute atomic E-state index is 5.49. The molecule has 1 rings (SSSR count). The highest BCUT2D eigenvalue weighted by atomic mass is 16.5. The minimum absolute atomic E-state index is 0.265. The summed E-state index contributed by atoms with van der Waals surface area (Å²) in [6.45, 7) is 0.777. The normalized spacial score (nSPS) is 13.0. The van der Waals surface area contributed by atoms with E-state index in [2.05, 4.69) is 10.4 Å². The van der Waals surface area contributed by atoms with Gasteiger partial charge in [0.2, 0.25) is 0 Å².